The van der Waals surface area contributed by atoms with Crippen molar-refractivity contribution in [3.05, 3.63) is 108 Å². The van der Waals surface area contributed by atoms with Crippen LogP contribution in [0, 0.1) is 19.8 Å². The molecule has 5 rings (SSSR count). The van der Waals surface area contributed by atoms with Crippen molar-refractivity contribution in [3.63, 3.8) is 0 Å². The van der Waals surface area contributed by atoms with Gasteiger partial charge in [-0.3, -0.25) is 14.5 Å². The number of amides is 1. The third kappa shape index (κ3) is 18.9. The fourth-order valence-electron chi connectivity index (χ4n) is 5.55. The average molecular weight is 976 g/mol. The molecule has 0 bridgehead atoms. The Morgan fingerprint density at radius 2 is 1.68 bits per heavy atom. The summed E-state index contributed by atoms with van der Waals surface area (Å²) in [7, 11) is 0. The summed E-state index contributed by atoms with van der Waals surface area (Å²) in [5.74, 6) is -0.0744. The van der Waals surface area contributed by atoms with Crippen LogP contribution >= 0.6 is 15.9 Å². The molecule has 0 radical (unpaired) electrons. The predicted octanol–water partition coefficient (Wildman–Crippen LogP) is 7.48. The van der Waals surface area contributed by atoms with E-state index in [1.807, 2.05) is 60.4 Å². The summed E-state index contributed by atoms with van der Waals surface area (Å²) in [4.78, 5) is 33.1. The van der Waals surface area contributed by atoms with Gasteiger partial charge in [-0.2, -0.15) is 15.2 Å². The molecular formula is C48H67BrN10O7. The van der Waals surface area contributed by atoms with E-state index in [0.29, 0.717) is 72.3 Å². The quantitative estimate of drug-likeness (QED) is 0.0216. The zero-order valence-corrected chi connectivity index (χ0v) is 41.3. The number of aliphatic hydroxyl groups is 3. The molecule has 66 heavy (non-hydrogen) atoms. The molecule has 0 spiro atoms. The minimum Gasteiger partial charge on any atom is -0.462 e. The fourth-order valence-corrected chi connectivity index (χ4v) is 6.52. The van der Waals surface area contributed by atoms with E-state index in [0.717, 1.165) is 34.1 Å². The lowest BCUT2D eigenvalue weighted by molar-refractivity contribution is -0.118. The number of nitrogens with one attached hydrogen (secondary N) is 1. The van der Waals surface area contributed by atoms with Gasteiger partial charge in [-0.1, -0.05) is 52.3 Å². The molecule has 0 fully saturated rings. The molecule has 1 unspecified atom stereocenters. The molecule has 17 nitrogen and oxygen atoms in total. The lowest BCUT2D eigenvalue weighted by atomic mass is 10.1. The highest BCUT2D eigenvalue weighted by molar-refractivity contribution is 9.09. The third-order valence-electron chi connectivity index (χ3n) is 9.59. The number of aliphatic imine (C=N–C) groups is 1. The zero-order chi connectivity index (χ0) is 49.2. The highest BCUT2D eigenvalue weighted by Gasteiger charge is 2.17. The van der Waals surface area contributed by atoms with Gasteiger partial charge in [0.05, 0.1) is 46.7 Å². The first-order valence-corrected chi connectivity index (χ1v) is 22.8. The van der Waals surface area contributed by atoms with E-state index in [4.69, 9.17) is 25.8 Å². The summed E-state index contributed by atoms with van der Waals surface area (Å²) < 4.78 is 13.5. The van der Waals surface area contributed by atoms with Gasteiger partial charge < -0.3 is 41.4 Å². The van der Waals surface area contributed by atoms with Crippen LogP contribution in [0.15, 0.2) is 100 Å². The number of pyridine rings is 1. The van der Waals surface area contributed by atoms with Crippen molar-refractivity contribution in [2.45, 2.75) is 112 Å². The number of nitrogens with two attached hydrogens (primary N) is 2. The van der Waals surface area contributed by atoms with Crippen molar-refractivity contribution in [2.75, 3.05) is 23.8 Å². The number of alkyl halides is 1. The molecule has 0 aliphatic carbocycles. The topological polar surface area (TPSA) is 255 Å². The minimum atomic E-state index is -0.764. The van der Waals surface area contributed by atoms with Crippen LogP contribution in [0.1, 0.15) is 96.5 Å². The largest absolute Gasteiger partial charge is 0.462 e. The van der Waals surface area contributed by atoms with Gasteiger partial charge in [-0.15, -0.1) is 0 Å². The molecule has 0 saturated heterocycles. The number of nitrogens with zero attached hydrogens (tertiary/aromatic N) is 7. The van der Waals surface area contributed by atoms with Crippen LogP contribution in [-0.4, -0.2) is 98.2 Å². The van der Waals surface area contributed by atoms with Gasteiger partial charge in [-0.05, 0) is 111 Å². The molecule has 8 N–H and O–H groups in total. The van der Waals surface area contributed by atoms with Crippen molar-refractivity contribution in [1.82, 2.24) is 29.5 Å². The van der Waals surface area contributed by atoms with Crippen LogP contribution in [-0.2, 0) is 16.1 Å². The van der Waals surface area contributed by atoms with Gasteiger partial charge in [0, 0.05) is 78.2 Å². The number of carbonyl (C=O) groups is 2. The van der Waals surface area contributed by atoms with Crippen LogP contribution in [0.5, 0.6) is 0 Å². The van der Waals surface area contributed by atoms with Crippen LogP contribution < -0.4 is 16.8 Å². The maximum Gasteiger partial charge on any atom is 0.341 e. The number of rotatable bonds is 18. The Kier molecular flexibility index (Phi) is 20.7. The van der Waals surface area contributed by atoms with Crippen LogP contribution in [0.3, 0.4) is 0 Å². The van der Waals surface area contributed by atoms with Crippen molar-refractivity contribution >= 4 is 45.2 Å². The molecule has 1 aromatic carbocycles. The van der Waals surface area contributed by atoms with Gasteiger partial charge >= 0.3 is 5.97 Å². The third-order valence-corrected chi connectivity index (χ3v) is 9.99. The van der Waals surface area contributed by atoms with Crippen LogP contribution in [0.4, 0.5) is 5.69 Å². The number of esters is 1. The van der Waals surface area contributed by atoms with Crippen molar-refractivity contribution < 1.29 is 34.2 Å². The predicted molar refractivity (Wildman–Crippen MR) is 263 cm³/mol. The van der Waals surface area contributed by atoms with Gasteiger partial charge in [0.25, 0.3) is 0 Å². The van der Waals surface area contributed by atoms with Crippen molar-refractivity contribution in [1.29, 1.82) is 0 Å². The molecule has 358 valence electrons. The lowest BCUT2D eigenvalue weighted by Crippen LogP contribution is -2.21. The standard InChI is InChI=1S/C25H34N6O3.C18H22N4O3.C5H11BrO/c1-16-6-8-19(23-29-18(3)34-31-23)14-22(16)30-24(32)17(2)7-9-20(15-26)21(27)10-12-28-13-11-25(4,5)33;1-4-25-17(23)14-11-19-22-12-13(5-6-16(14)22)15-7-9-21(20-15)10-8-18(2,3)24;1-5(2,7)3-4-6/h6-10,12,14-15,17,33H,11,13,26-27H2,1-5H3,(H,30,32);5-7,9,11-12,24H,4,8,10H2,1-3H3;7H,3-4H2,1-2H3/b9-7-,20-15+,21-10-,28-12?;;. The number of aromatic nitrogens is 6. The SMILES string of the molecule is CC(C)(O)CCBr.CCOC(=O)c1cnn2cc(-c3ccn(CCC(C)(C)O)n3)ccc12.Cc1nc(-c2ccc(C)c(NC(=O)C(C)\C=C/C(=C\N)C(/N)=C/C=NCCC(C)(C)O)c2)no1. The Labute approximate surface area is 395 Å². The first-order valence-electron chi connectivity index (χ1n) is 21.6. The van der Waals surface area contributed by atoms with Crippen molar-refractivity contribution in [3.8, 4) is 22.6 Å². The number of aryl methyl sites for hydroxylation is 3. The fraction of sp³-hybridized carbons (Fsp3) is 0.438. The van der Waals surface area contributed by atoms with Gasteiger partial charge in [0.15, 0.2) is 0 Å². The van der Waals surface area contributed by atoms with Crippen LogP contribution in [0.25, 0.3) is 28.2 Å². The van der Waals surface area contributed by atoms with Crippen LogP contribution in [0.2, 0.25) is 0 Å². The summed E-state index contributed by atoms with van der Waals surface area (Å²) in [6.45, 7) is 19.3. The molecule has 4 heterocycles. The number of fused-ring (bicyclic) bond motifs is 1. The summed E-state index contributed by atoms with van der Waals surface area (Å²) in [5.41, 5.74) is 16.0. The average Bonchev–Trinajstić information content (AvgIpc) is 4.00. The van der Waals surface area contributed by atoms with E-state index in [1.54, 1.807) is 91.3 Å². The second-order valence-electron chi connectivity index (χ2n) is 17.5. The molecular weight excluding hydrogens is 908 g/mol. The van der Waals surface area contributed by atoms with Gasteiger partial charge in [0.1, 0.15) is 5.56 Å². The summed E-state index contributed by atoms with van der Waals surface area (Å²) >= 11 is 3.23. The summed E-state index contributed by atoms with van der Waals surface area (Å²) in [5, 5.41) is 45.0. The number of hydrogen-bond donors (Lipinski definition) is 6. The number of carbonyl (C=O) groups excluding carboxylic acids is 2. The minimum absolute atomic E-state index is 0.187. The monoisotopic (exact) mass is 974 g/mol. The number of halogens is 1. The molecule has 0 aliphatic rings. The number of anilines is 1. The maximum atomic E-state index is 12.8. The highest BCUT2D eigenvalue weighted by atomic mass is 79.9. The lowest BCUT2D eigenvalue weighted by Gasteiger charge is -2.16. The Morgan fingerprint density at radius 1 is 1.00 bits per heavy atom. The normalized spacial score (nSPS) is 13.1. The zero-order valence-electron chi connectivity index (χ0n) is 39.7. The van der Waals surface area contributed by atoms with E-state index in [1.165, 1.54) is 12.4 Å². The second-order valence-corrected chi connectivity index (χ2v) is 18.3. The number of allylic oxidation sites excluding steroid dienone is 2. The molecule has 1 amide bonds. The first kappa shape index (κ1) is 54.4. The van der Waals surface area contributed by atoms with E-state index >= 15 is 0 Å². The molecule has 5 aromatic rings. The van der Waals surface area contributed by atoms with E-state index in [-0.39, 0.29) is 11.9 Å². The van der Waals surface area contributed by atoms with E-state index < -0.39 is 22.7 Å². The molecule has 18 heteroatoms. The Bertz CT molecular complexity index is 2460. The highest BCUT2D eigenvalue weighted by Crippen LogP contribution is 2.25. The van der Waals surface area contributed by atoms with Gasteiger partial charge in [-0.25, -0.2) is 9.31 Å². The number of ether oxygens (including phenoxy) is 1. The molecule has 0 saturated carbocycles. The van der Waals surface area contributed by atoms with E-state index in [2.05, 4.69) is 46.6 Å². The summed E-state index contributed by atoms with van der Waals surface area (Å²) in [6.07, 6.45) is 15.2. The van der Waals surface area contributed by atoms with Gasteiger partial charge in [0.2, 0.25) is 17.6 Å². The Hall–Kier alpha value is -5.95. The first-order chi connectivity index (χ1) is 30.9. The van der Waals surface area contributed by atoms with E-state index in [9.17, 15) is 19.8 Å². The maximum absolute atomic E-state index is 12.8. The smallest absolute Gasteiger partial charge is 0.341 e. The summed E-state index contributed by atoms with van der Waals surface area (Å²) in [6, 6.07) is 11.2. The van der Waals surface area contributed by atoms with Crippen molar-refractivity contribution in [2.24, 2.45) is 22.4 Å². The Morgan fingerprint density at radius 3 is 2.27 bits per heavy atom. The molecule has 4 aromatic heterocycles. The Balaban J connectivity index is 0.000000315. The number of hydrogen-bond acceptors (Lipinski definition) is 14. The molecule has 0 aliphatic heterocycles. The second kappa shape index (κ2) is 25.1. The molecule has 1 atom stereocenters. The number of benzene rings is 1.